The minimum atomic E-state index is 0.617. The van der Waals surface area contributed by atoms with Crippen LogP contribution in [0.1, 0.15) is 11.1 Å². The molecule has 6 nitrogen and oxygen atoms in total. The van der Waals surface area contributed by atoms with Crippen molar-refractivity contribution in [1.82, 2.24) is 9.97 Å². The van der Waals surface area contributed by atoms with Gasteiger partial charge < -0.3 is 18.9 Å². The first kappa shape index (κ1) is 19.5. The van der Waals surface area contributed by atoms with Crippen molar-refractivity contribution < 1.29 is 18.9 Å². The summed E-state index contributed by atoms with van der Waals surface area (Å²) in [5.41, 5.74) is 3.42. The molecule has 0 fully saturated rings. The lowest BCUT2D eigenvalue weighted by Crippen LogP contribution is -1.95. The van der Waals surface area contributed by atoms with Crippen molar-refractivity contribution in [1.29, 1.82) is 0 Å². The highest BCUT2D eigenvalue weighted by Gasteiger charge is 2.15. The van der Waals surface area contributed by atoms with Crippen molar-refractivity contribution in [2.75, 3.05) is 28.4 Å². The predicted molar refractivity (Wildman–Crippen MR) is 119 cm³/mol. The van der Waals surface area contributed by atoms with E-state index in [4.69, 9.17) is 18.9 Å². The van der Waals surface area contributed by atoms with Crippen LogP contribution in [0.15, 0.2) is 48.8 Å². The van der Waals surface area contributed by atoms with Gasteiger partial charge in [-0.05, 0) is 35.4 Å². The second kappa shape index (κ2) is 8.29. The highest BCUT2D eigenvalue weighted by atomic mass is 16.5. The standard InChI is InChI=1S/C24H22N2O4/c1-27-19-13-15(17-7-5-11-25-21(17)23(19)29-3)9-10-16-14-20(28-2)24(30-4)22-18(16)8-6-12-26-22/h5-14H,1-4H3/b10-9+. The monoisotopic (exact) mass is 402 g/mol. The Hall–Kier alpha value is -3.80. The van der Waals surface area contributed by atoms with Crippen LogP contribution in [-0.2, 0) is 0 Å². The molecule has 0 bridgehead atoms. The van der Waals surface area contributed by atoms with Gasteiger partial charge in [0, 0.05) is 23.2 Å². The van der Waals surface area contributed by atoms with Crippen molar-refractivity contribution in [3.05, 3.63) is 59.9 Å². The van der Waals surface area contributed by atoms with Gasteiger partial charge in [-0.1, -0.05) is 24.3 Å². The lowest BCUT2D eigenvalue weighted by molar-refractivity contribution is 0.358. The number of nitrogens with zero attached hydrogens (tertiary/aromatic N) is 2. The van der Waals surface area contributed by atoms with Crippen LogP contribution < -0.4 is 18.9 Å². The third-order valence-corrected chi connectivity index (χ3v) is 4.98. The summed E-state index contributed by atoms with van der Waals surface area (Å²) in [6.45, 7) is 0. The first-order valence-corrected chi connectivity index (χ1v) is 9.39. The van der Waals surface area contributed by atoms with E-state index in [1.807, 2.05) is 48.6 Å². The zero-order valence-electron chi connectivity index (χ0n) is 17.3. The minimum absolute atomic E-state index is 0.617. The van der Waals surface area contributed by atoms with E-state index >= 15 is 0 Å². The second-order valence-electron chi connectivity index (χ2n) is 6.54. The second-order valence-corrected chi connectivity index (χ2v) is 6.54. The van der Waals surface area contributed by atoms with Crippen LogP contribution >= 0.6 is 0 Å². The third kappa shape index (κ3) is 3.26. The average Bonchev–Trinajstić information content (AvgIpc) is 2.81. The van der Waals surface area contributed by atoms with Gasteiger partial charge in [-0.3, -0.25) is 9.97 Å². The maximum Gasteiger partial charge on any atom is 0.187 e. The van der Waals surface area contributed by atoms with Crippen LogP contribution in [0.3, 0.4) is 0 Å². The number of fused-ring (bicyclic) bond motifs is 2. The number of hydrogen-bond donors (Lipinski definition) is 0. The van der Waals surface area contributed by atoms with Gasteiger partial charge in [-0.2, -0.15) is 0 Å². The van der Waals surface area contributed by atoms with E-state index < -0.39 is 0 Å². The van der Waals surface area contributed by atoms with Crippen molar-refractivity contribution in [2.45, 2.75) is 0 Å². The average molecular weight is 402 g/mol. The SMILES string of the molecule is COc1cc(/C=C/c2cc(OC)c(OC)c3ncccc23)c2cccnc2c1OC. The molecule has 2 heterocycles. The predicted octanol–water partition coefficient (Wildman–Crippen LogP) is 4.99. The Kier molecular flexibility index (Phi) is 5.39. The normalized spacial score (nSPS) is 11.2. The Morgan fingerprint density at radius 2 is 1.07 bits per heavy atom. The molecule has 2 aromatic carbocycles. The van der Waals surface area contributed by atoms with Crippen LogP contribution in [0.4, 0.5) is 0 Å². The molecule has 0 radical (unpaired) electrons. The molecule has 4 aromatic rings. The lowest BCUT2D eigenvalue weighted by atomic mass is 10.0. The zero-order chi connectivity index (χ0) is 21.1. The third-order valence-electron chi connectivity index (χ3n) is 4.98. The summed E-state index contributed by atoms with van der Waals surface area (Å²) >= 11 is 0. The van der Waals surface area contributed by atoms with Crippen LogP contribution in [-0.4, -0.2) is 38.4 Å². The zero-order valence-corrected chi connectivity index (χ0v) is 17.3. The van der Waals surface area contributed by atoms with Crippen LogP contribution in [0.2, 0.25) is 0 Å². The van der Waals surface area contributed by atoms with E-state index in [1.165, 1.54) is 0 Å². The molecule has 0 unspecified atom stereocenters. The maximum atomic E-state index is 5.53. The summed E-state index contributed by atoms with van der Waals surface area (Å²) in [4.78, 5) is 8.98. The van der Waals surface area contributed by atoms with E-state index in [0.717, 1.165) is 32.9 Å². The van der Waals surface area contributed by atoms with Crippen molar-refractivity contribution in [2.24, 2.45) is 0 Å². The van der Waals surface area contributed by atoms with Crippen molar-refractivity contribution in [3.63, 3.8) is 0 Å². The summed E-state index contributed by atoms with van der Waals surface area (Å²) < 4.78 is 22.1. The molecule has 0 N–H and O–H groups in total. The number of hydrogen-bond acceptors (Lipinski definition) is 6. The lowest BCUT2D eigenvalue weighted by Gasteiger charge is -2.13. The minimum Gasteiger partial charge on any atom is -0.493 e. The topological polar surface area (TPSA) is 62.7 Å². The summed E-state index contributed by atoms with van der Waals surface area (Å²) in [7, 11) is 6.47. The van der Waals surface area contributed by atoms with Crippen LogP contribution in [0.5, 0.6) is 23.0 Å². The smallest absolute Gasteiger partial charge is 0.187 e. The van der Waals surface area contributed by atoms with E-state index in [1.54, 1.807) is 40.8 Å². The Morgan fingerprint density at radius 1 is 0.633 bits per heavy atom. The number of methoxy groups -OCH3 is 4. The van der Waals surface area contributed by atoms with Gasteiger partial charge >= 0.3 is 0 Å². The van der Waals surface area contributed by atoms with Gasteiger partial charge in [-0.15, -0.1) is 0 Å². The number of benzene rings is 2. The Bertz CT molecular complexity index is 1150. The number of rotatable bonds is 6. The molecule has 0 amide bonds. The van der Waals surface area contributed by atoms with E-state index in [-0.39, 0.29) is 0 Å². The summed E-state index contributed by atoms with van der Waals surface area (Å²) in [5.74, 6) is 2.49. The first-order valence-electron chi connectivity index (χ1n) is 9.39. The maximum absolute atomic E-state index is 5.53. The van der Waals surface area contributed by atoms with Gasteiger partial charge in [0.25, 0.3) is 0 Å². The fourth-order valence-electron chi connectivity index (χ4n) is 3.59. The molecule has 0 aliphatic rings. The Balaban J connectivity index is 1.91. The quantitative estimate of drug-likeness (QED) is 0.424. The Morgan fingerprint density at radius 3 is 1.43 bits per heavy atom. The molecule has 2 aromatic heterocycles. The van der Waals surface area contributed by atoms with Gasteiger partial charge in [0.1, 0.15) is 11.0 Å². The number of pyridine rings is 2. The van der Waals surface area contributed by atoms with Crippen molar-refractivity contribution in [3.8, 4) is 23.0 Å². The number of ether oxygens (including phenoxy) is 4. The molecule has 152 valence electrons. The molecule has 30 heavy (non-hydrogen) atoms. The molecule has 4 rings (SSSR count). The number of aromatic nitrogens is 2. The highest BCUT2D eigenvalue weighted by Crippen LogP contribution is 2.39. The molecule has 0 atom stereocenters. The summed E-state index contributed by atoms with van der Waals surface area (Å²) in [5, 5.41) is 1.93. The first-order chi connectivity index (χ1) is 14.7. The van der Waals surface area contributed by atoms with Crippen LogP contribution in [0, 0.1) is 0 Å². The molecular weight excluding hydrogens is 380 g/mol. The van der Waals surface area contributed by atoms with E-state index in [0.29, 0.717) is 23.0 Å². The summed E-state index contributed by atoms with van der Waals surface area (Å²) in [6.07, 6.45) is 7.54. The van der Waals surface area contributed by atoms with E-state index in [9.17, 15) is 0 Å². The van der Waals surface area contributed by atoms with Gasteiger partial charge in [0.2, 0.25) is 0 Å². The summed E-state index contributed by atoms with van der Waals surface area (Å²) in [6, 6.07) is 11.7. The molecule has 6 heteroatoms. The van der Waals surface area contributed by atoms with E-state index in [2.05, 4.69) is 9.97 Å². The molecule has 0 spiro atoms. The molecule has 0 aliphatic carbocycles. The fraction of sp³-hybridized carbons (Fsp3) is 0.167. The van der Waals surface area contributed by atoms with Crippen LogP contribution in [0.25, 0.3) is 34.0 Å². The molecular formula is C24H22N2O4. The Labute approximate surface area is 174 Å². The highest BCUT2D eigenvalue weighted by molar-refractivity contribution is 6.00. The molecule has 0 saturated carbocycles. The molecule has 0 aliphatic heterocycles. The van der Waals surface area contributed by atoms with Gasteiger partial charge in [-0.25, -0.2) is 0 Å². The molecule has 0 saturated heterocycles. The van der Waals surface area contributed by atoms with Gasteiger partial charge in [0.05, 0.1) is 28.4 Å². The van der Waals surface area contributed by atoms with Crippen molar-refractivity contribution >= 4 is 34.0 Å². The van der Waals surface area contributed by atoms with Gasteiger partial charge in [0.15, 0.2) is 23.0 Å². The fourth-order valence-corrected chi connectivity index (χ4v) is 3.59. The largest absolute Gasteiger partial charge is 0.493 e.